The highest BCUT2D eigenvalue weighted by molar-refractivity contribution is 6.33. The lowest BCUT2D eigenvalue weighted by molar-refractivity contribution is -0.122. The van der Waals surface area contributed by atoms with Crippen molar-refractivity contribution in [3.8, 4) is 11.3 Å². The monoisotopic (exact) mass is 440 g/mol. The van der Waals surface area contributed by atoms with Gasteiger partial charge >= 0.3 is 0 Å². The van der Waals surface area contributed by atoms with Crippen LogP contribution >= 0.6 is 11.6 Å². The van der Waals surface area contributed by atoms with E-state index in [2.05, 4.69) is 30.6 Å². The maximum Gasteiger partial charge on any atom is 0.145 e. The smallest absolute Gasteiger partial charge is 0.145 e. The first-order valence-electron chi connectivity index (χ1n) is 10.1. The number of nitrogens with zero attached hydrogens (tertiary/aromatic N) is 4. The van der Waals surface area contributed by atoms with E-state index >= 15 is 0 Å². The average molecular weight is 441 g/mol. The van der Waals surface area contributed by atoms with Gasteiger partial charge in [-0.3, -0.25) is 19.7 Å². The number of rotatable bonds is 7. The Kier molecular flexibility index (Phi) is 6.79. The van der Waals surface area contributed by atoms with Crippen LogP contribution in [0.15, 0.2) is 43.1 Å². The SMILES string of the molecule is O=C(Cc1cc(-c2cncc(NCc3cncc(F)c3)n2)c(Cl)cn1)[C@@H]1CCCNC1. The number of ketones is 1. The number of anilines is 1. The Labute approximate surface area is 184 Å². The molecule has 1 aliphatic rings. The quantitative estimate of drug-likeness (QED) is 0.581. The molecule has 0 spiro atoms. The van der Waals surface area contributed by atoms with Crippen LogP contribution in [0.2, 0.25) is 5.02 Å². The molecule has 0 saturated carbocycles. The van der Waals surface area contributed by atoms with E-state index in [1.54, 1.807) is 30.9 Å². The molecule has 4 rings (SSSR count). The summed E-state index contributed by atoms with van der Waals surface area (Å²) >= 11 is 6.36. The number of aromatic nitrogens is 4. The highest BCUT2D eigenvalue weighted by atomic mass is 35.5. The van der Waals surface area contributed by atoms with Crippen LogP contribution in [0.3, 0.4) is 0 Å². The zero-order valence-electron chi connectivity index (χ0n) is 16.8. The first kappa shape index (κ1) is 21.3. The van der Waals surface area contributed by atoms with Crippen LogP contribution in [-0.2, 0) is 17.8 Å². The number of carbonyl (C=O) groups excluding carboxylic acids is 1. The molecule has 160 valence electrons. The summed E-state index contributed by atoms with van der Waals surface area (Å²) in [5.74, 6) is 0.326. The van der Waals surface area contributed by atoms with Crippen LogP contribution in [0.5, 0.6) is 0 Å². The van der Waals surface area contributed by atoms with Gasteiger partial charge in [0.05, 0.1) is 29.3 Å². The van der Waals surface area contributed by atoms with E-state index in [4.69, 9.17) is 11.6 Å². The van der Waals surface area contributed by atoms with E-state index in [-0.39, 0.29) is 18.1 Å². The maximum absolute atomic E-state index is 13.3. The predicted molar refractivity (Wildman–Crippen MR) is 116 cm³/mol. The van der Waals surface area contributed by atoms with Gasteiger partial charge in [-0.15, -0.1) is 0 Å². The van der Waals surface area contributed by atoms with Gasteiger partial charge in [-0.1, -0.05) is 11.6 Å². The first-order chi connectivity index (χ1) is 15.1. The Hall–Kier alpha value is -2.97. The number of pyridine rings is 2. The third kappa shape index (κ3) is 5.59. The van der Waals surface area contributed by atoms with Crippen LogP contribution < -0.4 is 10.6 Å². The number of carbonyl (C=O) groups is 1. The summed E-state index contributed by atoms with van der Waals surface area (Å²) in [6.07, 6.45) is 9.63. The predicted octanol–water partition coefficient (Wildman–Crippen LogP) is 3.45. The summed E-state index contributed by atoms with van der Waals surface area (Å²) in [6.45, 7) is 2.04. The van der Waals surface area contributed by atoms with Crippen molar-refractivity contribution in [2.24, 2.45) is 5.92 Å². The van der Waals surface area contributed by atoms with Gasteiger partial charge < -0.3 is 10.6 Å². The largest absolute Gasteiger partial charge is 0.365 e. The van der Waals surface area contributed by atoms with Crippen molar-refractivity contribution >= 4 is 23.2 Å². The summed E-state index contributed by atoms with van der Waals surface area (Å²) in [6, 6.07) is 3.20. The van der Waals surface area contributed by atoms with Crippen molar-refractivity contribution in [3.05, 3.63) is 65.2 Å². The minimum Gasteiger partial charge on any atom is -0.365 e. The van der Waals surface area contributed by atoms with Crippen molar-refractivity contribution in [2.75, 3.05) is 18.4 Å². The normalized spacial score (nSPS) is 16.1. The lowest BCUT2D eigenvalue weighted by Crippen LogP contribution is -2.35. The third-order valence-electron chi connectivity index (χ3n) is 5.17. The third-order valence-corrected chi connectivity index (χ3v) is 5.47. The standard InChI is InChI=1S/C22H22ClFN6O/c23-19-11-28-17(6-21(31)15-2-1-3-25-9-15)5-18(19)20-12-27-13-22(30-20)29-8-14-4-16(24)10-26-7-14/h4-5,7,10-13,15,25H,1-3,6,8-9H2,(H,29,30)/t15-/m1/s1. The molecular formula is C22H22ClFN6O. The molecular weight excluding hydrogens is 419 g/mol. The fourth-order valence-corrected chi connectivity index (χ4v) is 3.75. The van der Waals surface area contributed by atoms with Gasteiger partial charge in [-0.2, -0.15) is 0 Å². The summed E-state index contributed by atoms with van der Waals surface area (Å²) < 4.78 is 13.3. The number of piperidine rings is 1. The molecule has 1 aliphatic heterocycles. The zero-order chi connectivity index (χ0) is 21.6. The fourth-order valence-electron chi connectivity index (χ4n) is 3.55. The van der Waals surface area contributed by atoms with Crippen molar-refractivity contribution in [1.82, 2.24) is 25.3 Å². The minimum absolute atomic E-state index is 0.0271. The maximum atomic E-state index is 13.3. The molecule has 0 radical (unpaired) electrons. The Morgan fingerprint density at radius 1 is 1.19 bits per heavy atom. The molecule has 0 unspecified atom stereocenters. The van der Waals surface area contributed by atoms with Gasteiger partial charge in [0, 0.05) is 49.1 Å². The van der Waals surface area contributed by atoms with Gasteiger partial charge in [0.15, 0.2) is 0 Å². The highest BCUT2D eigenvalue weighted by Gasteiger charge is 2.21. The van der Waals surface area contributed by atoms with Crippen LogP contribution in [0.25, 0.3) is 11.3 Å². The molecule has 31 heavy (non-hydrogen) atoms. The minimum atomic E-state index is -0.395. The number of hydrogen-bond donors (Lipinski definition) is 2. The molecule has 4 heterocycles. The Balaban J connectivity index is 1.48. The first-order valence-corrected chi connectivity index (χ1v) is 10.5. The average Bonchev–Trinajstić information content (AvgIpc) is 2.80. The Morgan fingerprint density at radius 3 is 2.87 bits per heavy atom. The van der Waals surface area contributed by atoms with Gasteiger partial charge in [0.25, 0.3) is 0 Å². The number of nitrogens with one attached hydrogen (secondary N) is 2. The van der Waals surface area contributed by atoms with Crippen LogP contribution in [0, 0.1) is 11.7 Å². The van der Waals surface area contributed by atoms with Crippen LogP contribution in [0.4, 0.5) is 10.2 Å². The van der Waals surface area contributed by atoms with Gasteiger partial charge in [0.1, 0.15) is 17.4 Å². The molecule has 0 amide bonds. The zero-order valence-corrected chi connectivity index (χ0v) is 17.6. The Morgan fingerprint density at radius 2 is 2.06 bits per heavy atom. The molecule has 9 heteroatoms. The fraction of sp³-hybridized carbons (Fsp3) is 0.318. The lowest BCUT2D eigenvalue weighted by Gasteiger charge is -2.21. The van der Waals surface area contributed by atoms with Crippen molar-refractivity contribution in [3.63, 3.8) is 0 Å². The second kappa shape index (κ2) is 9.89. The lowest BCUT2D eigenvalue weighted by atomic mass is 9.92. The van der Waals surface area contributed by atoms with E-state index in [1.165, 1.54) is 6.07 Å². The van der Waals surface area contributed by atoms with Gasteiger partial charge in [0.2, 0.25) is 0 Å². The molecule has 0 aliphatic carbocycles. The number of hydrogen-bond acceptors (Lipinski definition) is 7. The molecule has 1 saturated heterocycles. The van der Waals surface area contributed by atoms with Gasteiger partial charge in [-0.25, -0.2) is 9.37 Å². The van der Waals surface area contributed by atoms with E-state index in [9.17, 15) is 9.18 Å². The molecule has 0 bridgehead atoms. The topological polar surface area (TPSA) is 92.7 Å². The van der Waals surface area contributed by atoms with E-state index in [0.717, 1.165) is 32.1 Å². The molecule has 1 atom stereocenters. The van der Waals surface area contributed by atoms with Crippen LogP contribution in [0.1, 0.15) is 24.1 Å². The van der Waals surface area contributed by atoms with Crippen LogP contribution in [-0.4, -0.2) is 38.8 Å². The Bertz CT molecular complexity index is 1070. The number of halogens is 2. The van der Waals surface area contributed by atoms with E-state index in [1.807, 2.05) is 0 Å². The molecule has 1 fully saturated rings. The molecule has 2 N–H and O–H groups in total. The highest BCUT2D eigenvalue weighted by Crippen LogP contribution is 2.27. The van der Waals surface area contributed by atoms with Gasteiger partial charge in [-0.05, 0) is 37.1 Å². The molecule has 3 aromatic heterocycles. The molecule has 7 nitrogen and oxygen atoms in total. The summed E-state index contributed by atoms with van der Waals surface area (Å²) in [4.78, 5) is 29.6. The molecule has 0 aromatic carbocycles. The van der Waals surface area contributed by atoms with Crippen molar-refractivity contribution in [1.29, 1.82) is 0 Å². The van der Waals surface area contributed by atoms with Crippen molar-refractivity contribution < 1.29 is 9.18 Å². The summed E-state index contributed by atoms with van der Waals surface area (Å²) in [5.41, 5.74) is 2.56. The second-order valence-corrected chi connectivity index (χ2v) is 7.90. The summed E-state index contributed by atoms with van der Waals surface area (Å²) in [7, 11) is 0. The van der Waals surface area contributed by atoms with Crippen molar-refractivity contribution in [2.45, 2.75) is 25.8 Å². The second-order valence-electron chi connectivity index (χ2n) is 7.50. The molecule has 3 aromatic rings. The summed E-state index contributed by atoms with van der Waals surface area (Å²) in [5, 5.41) is 6.80. The number of Topliss-reactive ketones (excluding diaryl/α,β-unsaturated/α-hetero) is 1. The van der Waals surface area contributed by atoms with E-state index < -0.39 is 5.82 Å². The van der Waals surface area contributed by atoms with E-state index in [0.29, 0.717) is 39.9 Å².